The fourth-order valence-electron chi connectivity index (χ4n) is 2.14. The SMILES string of the molecule is CCC=CC(=O)N1C(=O)O[C@@H](c2ccccc2)[C@@H]1C. The Balaban J connectivity index is 2.19. The molecule has 1 aromatic rings. The number of benzene rings is 1. The molecule has 1 saturated heterocycles. The molecule has 1 aliphatic rings. The predicted octanol–water partition coefficient (Wildman–Crippen LogP) is 3.06. The average Bonchev–Trinajstić information content (AvgIpc) is 2.72. The molecule has 0 aliphatic carbocycles. The van der Waals surface area contributed by atoms with E-state index in [1.807, 2.05) is 44.2 Å². The van der Waals surface area contributed by atoms with Gasteiger partial charge in [0.25, 0.3) is 5.91 Å². The number of amides is 2. The van der Waals surface area contributed by atoms with Gasteiger partial charge in [0.2, 0.25) is 0 Å². The van der Waals surface area contributed by atoms with Crippen molar-refractivity contribution in [2.45, 2.75) is 32.4 Å². The number of carbonyl (C=O) groups excluding carboxylic acids is 2. The molecular formula is C15H17NO3. The summed E-state index contributed by atoms with van der Waals surface area (Å²) in [7, 11) is 0. The summed E-state index contributed by atoms with van der Waals surface area (Å²) in [5.74, 6) is -0.321. The maximum Gasteiger partial charge on any atom is 0.417 e. The Bertz CT molecular complexity index is 495. The minimum atomic E-state index is -0.577. The quantitative estimate of drug-likeness (QED) is 0.784. The smallest absolute Gasteiger partial charge is 0.417 e. The number of ether oxygens (including phenoxy) is 1. The van der Waals surface area contributed by atoms with Gasteiger partial charge in [0.1, 0.15) is 6.10 Å². The molecule has 0 N–H and O–H groups in total. The van der Waals surface area contributed by atoms with Gasteiger partial charge in [-0.2, -0.15) is 0 Å². The van der Waals surface area contributed by atoms with E-state index in [1.54, 1.807) is 6.08 Å². The van der Waals surface area contributed by atoms with Gasteiger partial charge in [-0.25, -0.2) is 9.69 Å². The molecule has 4 nitrogen and oxygen atoms in total. The summed E-state index contributed by atoms with van der Waals surface area (Å²) in [6, 6.07) is 9.16. The number of hydrogen-bond acceptors (Lipinski definition) is 3. The zero-order valence-electron chi connectivity index (χ0n) is 11.1. The molecule has 2 atom stereocenters. The largest absolute Gasteiger partial charge is 0.439 e. The van der Waals surface area contributed by atoms with Gasteiger partial charge in [-0.05, 0) is 25.0 Å². The molecule has 2 rings (SSSR count). The minimum Gasteiger partial charge on any atom is -0.439 e. The van der Waals surface area contributed by atoms with E-state index in [2.05, 4.69) is 0 Å². The number of imide groups is 1. The molecule has 1 fully saturated rings. The van der Waals surface area contributed by atoms with Gasteiger partial charge in [0, 0.05) is 0 Å². The van der Waals surface area contributed by atoms with Crippen molar-refractivity contribution in [2.75, 3.05) is 0 Å². The Hall–Kier alpha value is -2.10. The summed E-state index contributed by atoms with van der Waals surface area (Å²) >= 11 is 0. The zero-order valence-corrected chi connectivity index (χ0v) is 11.1. The van der Waals surface area contributed by atoms with Crippen LogP contribution in [0.4, 0.5) is 4.79 Å². The van der Waals surface area contributed by atoms with Crippen LogP contribution in [-0.2, 0) is 9.53 Å². The van der Waals surface area contributed by atoms with E-state index in [0.29, 0.717) is 0 Å². The lowest BCUT2D eigenvalue weighted by Gasteiger charge is -2.17. The number of allylic oxidation sites excluding steroid dienone is 1. The maximum atomic E-state index is 11.9. The third kappa shape index (κ3) is 2.67. The third-order valence-electron chi connectivity index (χ3n) is 3.13. The molecular weight excluding hydrogens is 242 g/mol. The van der Waals surface area contributed by atoms with Crippen LogP contribution >= 0.6 is 0 Å². The first-order valence-corrected chi connectivity index (χ1v) is 6.40. The molecule has 100 valence electrons. The van der Waals surface area contributed by atoms with E-state index in [4.69, 9.17) is 4.74 Å². The van der Waals surface area contributed by atoms with Crippen molar-refractivity contribution in [2.24, 2.45) is 0 Å². The predicted molar refractivity (Wildman–Crippen MR) is 71.4 cm³/mol. The first-order valence-electron chi connectivity index (χ1n) is 6.40. The lowest BCUT2D eigenvalue weighted by molar-refractivity contribution is -0.124. The van der Waals surface area contributed by atoms with Gasteiger partial charge in [-0.15, -0.1) is 0 Å². The van der Waals surface area contributed by atoms with Crippen molar-refractivity contribution in [3.63, 3.8) is 0 Å². The first kappa shape index (κ1) is 13.3. The van der Waals surface area contributed by atoms with Crippen molar-refractivity contribution < 1.29 is 14.3 Å². The molecule has 0 aromatic heterocycles. The number of cyclic esters (lactones) is 1. The second-order valence-electron chi connectivity index (χ2n) is 4.47. The van der Waals surface area contributed by atoms with Gasteiger partial charge < -0.3 is 4.74 Å². The lowest BCUT2D eigenvalue weighted by Crippen LogP contribution is -2.36. The van der Waals surface area contributed by atoms with Crippen LogP contribution in [0.1, 0.15) is 31.9 Å². The summed E-state index contributed by atoms with van der Waals surface area (Å²) in [6.07, 6.45) is 2.94. The molecule has 1 aliphatic heterocycles. The molecule has 0 saturated carbocycles. The lowest BCUT2D eigenvalue weighted by atomic mass is 10.0. The van der Waals surface area contributed by atoms with Crippen molar-refractivity contribution in [3.8, 4) is 0 Å². The van der Waals surface area contributed by atoms with E-state index in [-0.39, 0.29) is 11.9 Å². The first-order chi connectivity index (χ1) is 9.15. The van der Waals surface area contributed by atoms with Gasteiger partial charge in [0.05, 0.1) is 6.04 Å². The summed E-state index contributed by atoms with van der Waals surface area (Å²) in [6.45, 7) is 3.75. The van der Waals surface area contributed by atoms with Gasteiger partial charge in [-0.1, -0.05) is 43.3 Å². The molecule has 0 unspecified atom stereocenters. The Morgan fingerprint density at radius 1 is 1.37 bits per heavy atom. The highest BCUT2D eigenvalue weighted by molar-refractivity contribution is 6.00. The molecule has 1 aromatic carbocycles. The Morgan fingerprint density at radius 2 is 2.05 bits per heavy atom. The molecule has 1 heterocycles. The second kappa shape index (κ2) is 5.69. The summed E-state index contributed by atoms with van der Waals surface area (Å²) in [5.41, 5.74) is 0.901. The van der Waals surface area contributed by atoms with E-state index in [9.17, 15) is 9.59 Å². The Kier molecular flexibility index (Phi) is 4.00. The monoisotopic (exact) mass is 259 g/mol. The topological polar surface area (TPSA) is 46.6 Å². The number of hydrogen-bond donors (Lipinski definition) is 0. The number of rotatable bonds is 3. The van der Waals surface area contributed by atoms with Crippen LogP contribution in [0.15, 0.2) is 42.5 Å². The van der Waals surface area contributed by atoms with Crippen molar-refractivity contribution in [3.05, 3.63) is 48.0 Å². The van der Waals surface area contributed by atoms with E-state index >= 15 is 0 Å². The normalized spacial score (nSPS) is 22.8. The highest BCUT2D eigenvalue weighted by Crippen LogP contribution is 2.32. The molecule has 2 amide bonds. The highest BCUT2D eigenvalue weighted by Gasteiger charge is 2.42. The molecule has 0 spiro atoms. The number of nitrogens with zero attached hydrogens (tertiary/aromatic N) is 1. The van der Waals surface area contributed by atoms with Crippen LogP contribution in [0.2, 0.25) is 0 Å². The molecule has 0 radical (unpaired) electrons. The minimum absolute atomic E-state index is 0.302. The van der Waals surface area contributed by atoms with E-state index < -0.39 is 12.2 Å². The fraction of sp³-hybridized carbons (Fsp3) is 0.333. The van der Waals surface area contributed by atoms with E-state index in [0.717, 1.165) is 12.0 Å². The van der Waals surface area contributed by atoms with Gasteiger partial charge in [-0.3, -0.25) is 4.79 Å². The van der Waals surface area contributed by atoms with Crippen LogP contribution in [0.5, 0.6) is 0 Å². The van der Waals surface area contributed by atoms with Crippen LogP contribution in [-0.4, -0.2) is 22.9 Å². The molecule has 0 bridgehead atoms. The summed E-state index contributed by atoms with van der Waals surface area (Å²) < 4.78 is 5.31. The van der Waals surface area contributed by atoms with Crippen LogP contribution in [0.25, 0.3) is 0 Å². The Labute approximate surface area is 112 Å². The van der Waals surface area contributed by atoms with Crippen molar-refractivity contribution in [1.82, 2.24) is 4.90 Å². The van der Waals surface area contributed by atoms with Crippen molar-refractivity contribution >= 4 is 12.0 Å². The third-order valence-corrected chi connectivity index (χ3v) is 3.13. The highest BCUT2D eigenvalue weighted by atomic mass is 16.6. The molecule has 4 heteroatoms. The van der Waals surface area contributed by atoms with E-state index in [1.165, 1.54) is 11.0 Å². The standard InChI is InChI=1S/C15H17NO3/c1-3-4-10-13(17)16-11(2)14(19-15(16)18)12-8-6-5-7-9-12/h4-11,14H,3H2,1-2H3/t11-,14+/m0/s1. The number of carbonyl (C=O) groups is 2. The van der Waals surface area contributed by atoms with Crippen LogP contribution in [0.3, 0.4) is 0 Å². The summed E-state index contributed by atoms with van der Waals surface area (Å²) in [4.78, 5) is 24.9. The Morgan fingerprint density at radius 3 is 2.68 bits per heavy atom. The summed E-state index contributed by atoms with van der Waals surface area (Å²) in [5, 5.41) is 0. The second-order valence-corrected chi connectivity index (χ2v) is 4.47. The van der Waals surface area contributed by atoms with Gasteiger partial charge >= 0.3 is 6.09 Å². The average molecular weight is 259 g/mol. The van der Waals surface area contributed by atoms with Crippen LogP contribution < -0.4 is 0 Å². The fourth-order valence-corrected chi connectivity index (χ4v) is 2.14. The van der Waals surface area contributed by atoms with Crippen LogP contribution in [0, 0.1) is 0 Å². The van der Waals surface area contributed by atoms with Crippen molar-refractivity contribution in [1.29, 1.82) is 0 Å². The zero-order chi connectivity index (χ0) is 13.8. The van der Waals surface area contributed by atoms with Gasteiger partial charge in [0.15, 0.2) is 0 Å². The molecule has 19 heavy (non-hydrogen) atoms. The maximum absolute atomic E-state index is 11.9.